The fourth-order valence-corrected chi connectivity index (χ4v) is 3.31. The molecule has 0 bridgehead atoms. The fourth-order valence-electron chi connectivity index (χ4n) is 2.64. The standard InChI is InChI=1S/C14H25N5OS/c1-9(2)19-7-5-6-10(8-19)11(20)16-14(3,4)12-17-18-13(15)21-12/h9-10H,5-8H2,1-4H3,(H2,15,18)(H,16,20)/t10-/m1/s1. The predicted octanol–water partition coefficient (Wildman–Crippen LogP) is 1.59. The molecule has 1 atom stereocenters. The quantitative estimate of drug-likeness (QED) is 0.882. The maximum Gasteiger partial charge on any atom is 0.225 e. The Kier molecular flexibility index (Phi) is 4.83. The fraction of sp³-hybridized carbons (Fsp3) is 0.786. The number of hydrogen-bond acceptors (Lipinski definition) is 6. The third-order valence-corrected chi connectivity index (χ3v) is 5.04. The van der Waals surface area contributed by atoms with Crippen LogP contribution in [0.2, 0.25) is 0 Å². The van der Waals surface area contributed by atoms with Gasteiger partial charge in [-0.15, -0.1) is 10.2 Å². The first kappa shape index (κ1) is 16.2. The van der Waals surface area contributed by atoms with E-state index in [0.29, 0.717) is 11.2 Å². The van der Waals surface area contributed by atoms with Crippen LogP contribution in [-0.4, -0.2) is 40.1 Å². The molecule has 118 valence electrons. The van der Waals surface area contributed by atoms with Crippen LogP contribution in [0, 0.1) is 5.92 Å². The highest BCUT2D eigenvalue weighted by atomic mass is 32.1. The van der Waals surface area contributed by atoms with Gasteiger partial charge in [0, 0.05) is 12.6 Å². The van der Waals surface area contributed by atoms with E-state index in [2.05, 4.69) is 34.3 Å². The Morgan fingerprint density at radius 2 is 2.19 bits per heavy atom. The van der Waals surface area contributed by atoms with E-state index >= 15 is 0 Å². The molecule has 1 aromatic rings. The SMILES string of the molecule is CC(C)N1CCC[C@@H](C(=O)NC(C)(C)c2nnc(N)s2)C1. The minimum absolute atomic E-state index is 0.0469. The smallest absolute Gasteiger partial charge is 0.225 e. The summed E-state index contributed by atoms with van der Waals surface area (Å²) in [7, 11) is 0. The number of piperidine rings is 1. The Bertz CT molecular complexity index is 499. The number of nitrogens with zero attached hydrogens (tertiary/aromatic N) is 3. The van der Waals surface area contributed by atoms with Gasteiger partial charge >= 0.3 is 0 Å². The lowest BCUT2D eigenvalue weighted by molar-refractivity contribution is -0.128. The number of carbonyl (C=O) groups is 1. The molecule has 2 heterocycles. The molecule has 6 nitrogen and oxygen atoms in total. The normalized spacial score (nSPS) is 20.7. The van der Waals surface area contributed by atoms with E-state index in [-0.39, 0.29) is 11.8 Å². The van der Waals surface area contributed by atoms with Gasteiger partial charge in [0.15, 0.2) is 0 Å². The number of nitrogens with two attached hydrogens (primary N) is 1. The molecule has 1 amide bonds. The van der Waals surface area contributed by atoms with E-state index in [1.54, 1.807) is 0 Å². The molecule has 1 fully saturated rings. The van der Waals surface area contributed by atoms with Crippen molar-refractivity contribution in [2.75, 3.05) is 18.8 Å². The van der Waals surface area contributed by atoms with Gasteiger partial charge in [0.1, 0.15) is 5.01 Å². The van der Waals surface area contributed by atoms with Crippen LogP contribution in [0.4, 0.5) is 5.13 Å². The first-order chi connectivity index (χ1) is 9.79. The maximum absolute atomic E-state index is 12.5. The van der Waals surface area contributed by atoms with Crippen molar-refractivity contribution < 1.29 is 4.79 Å². The molecule has 3 N–H and O–H groups in total. The van der Waals surface area contributed by atoms with Crippen LogP contribution in [0.15, 0.2) is 0 Å². The summed E-state index contributed by atoms with van der Waals surface area (Å²) in [5.41, 5.74) is 5.09. The number of amides is 1. The Morgan fingerprint density at radius 1 is 1.48 bits per heavy atom. The van der Waals surface area contributed by atoms with Crippen LogP contribution in [0.1, 0.15) is 45.5 Å². The lowest BCUT2D eigenvalue weighted by Gasteiger charge is -2.36. The van der Waals surface area contributed by atoms with E-state index in [0.717, 1.165) is 30.9 Å². The summed E-state index contributed by atoms with van der Waals surface area (Å²) >= 11 is 1.32. The molecule has 0 saturated carbocycles. The van der Waals surface area contributed by atoms with E-state index in [1.165, 1.54) is 11.3 Å². The number of likely N-dealkylation sites (tertiary alicyclic amines) is 1. The first-order valence-corrected chi connectivity index (χ1v) is 8.27. The van der Waals surface area contributed by atoms with Gasteiger partial charge in [0.25, 0.3) is 0 Å². The molecule has 1 saturated heterocycles. The predicted molar refractivity (Wildman–Crippen MR) is 84.9 cm³/mol. The molecule has 7 heteroatoms. The van der Waals surface area contributed by atoms with Crippen LogP contribution >= 0.6 is 11.3 Å². The minimum atomic E-state index is -0.535. The minimum Gasteiger partial charge on any atom is -0.374 e. The Balaban J connectivity index is 2.00. The van der Waals surface area contributed by atoms with Gasteiger partial charge in [-0.05, 0) is 47.1 Å². The number of nitrogen functional groups attached to an aromatic ring is 1. The van der Waals surface area contributed by atoms with E-state index < -0.39 is 5.54 Å². The zero-order valence-corrected chi connectivity index (χ0v) is 14.0. The van der Waals surface area contributed by atoms with Crippen molar-refractivity contribution in [2.24, 2.45) is 5.92 Å². The second-order valence-electron chi connectivity index (χ2n) is 6.49. The second-order valence-corrected chi connectivity index (χ2v) is 7.50. The molecule has 1 aliphatic heterocycles. The average Bonchev–Trinajstić information content (AvgIpc) is 2.86. The number of hydrogen-bond donors (Lipinski definition) is 2. The third-order valence-electron chi connectivity index (χ3n) is 3.96. The molecule has 2 rings (SSSR count). The third kappa shape index (κ3) is 3.91. The summed E-state index contributed by atoms with van der Waals surface area (Å²) in [5, 5.41) is 12.1. The monoisotopic (exact) mass is 311 g/mol. The summed E-state index contributed by atoms with van der Waals surface area (Å²) in [4.78, 5) is 14.9. The zero-order chi connectivity index (χ0) is 15.6. The molecule has 0 aromatic carbocycles. The van der Waals surface area contributed by atoms with Crippen molar-refractivity contribution in [1.29, 1.82) is 0 Å². The van der Waals surface area contributed by atoms with Gasteiger partial charge < -0.3 is 16.0 Å². The lowest BCUT2D eigenvalue weighted by Crippen LogP contribution is -2.49. The van der Waals surface area contributed by atoms with Gasteiger partial charge in [-0.1, -0.05) is 11.3 Å². The molecule has 0 spiro atoms. The molecule has 1 aromatic heterocycles. The summed E-state index contributed by atoms with van der Waals surface area (Å²) in [6, 6.07) is 0.483. The van der Waals surface area contributed by atoms with Crippen molar-refractivity contribution in [3.05, 3.63) is 5.01 Å². The van der Waals surface area contributed by atoms with Crippen molar-refractivity contribution in [2.45, 2.75) is 52.1 Å². The Labute approximate surface area is 130 Å². The molecule has 21 heavy (non-hydrogen) atoms. The van der Waals surface area contributed by atoms with Crippen molar-refractivity contribution >= 4 is 22.4 Å². The first-order valence-electron chi connectivity index (χ1n) is 7.45. The highest BCUT2D eigenvalue weighted by Gasteiger charge is 2.32. The van der Waals surface area contributed by atoms with Gasteiger partial charge in [-0.3, -0.25) is 4.79 Å². The van der Waals surface area contributed by atoms with Crippen LogP contribution in [0.3, 0.4) is 0 Å². The number of anilines is 1. The highest BCUT2D eigenvalue weighted by molar-refractivity contribution is 7.15. The van der Waals surface area contributed by atoms with Gasteiger partial charge in [0.05, 0.1) is 11.5 Å². The molecule has 0 unspecified atom stereocenters. The van der Waals surface area contributed by atoms with Crippen LogP contribution in [0.5, 0.6) is 0 Å². The second kappa shape index (κ2) is 6.27. The topological polar surface area (TPSA) is 84.1 Å². The van der Waals surface area contributed by atoms with Gasteiger partial charge in [-0.2, -0.15) is 0 Å². The molecule has 0 radical (unpaired) electrons. The summed E-state index contributed by atoms with van der Waals surface area (Å²) in [6.07, 6.45) is 2.02. The van der Waals surface area contributed by atoms with Crippen molar-refractivity contribution in [3.8, 4) is 0 Å². The molecular formula is C14H25N5OS. The maximum atomic E-state index is 12.5. The van der Waals surface area contributed by atoms with Gasteiger partial charge in [0.2, 0.25) is 11.0 Å². The summed E-state index contributed by atoms with van der Waals surface area (Å²) in [5.74, 6) is 0.143. The molecule has 1 aliphatic rings. The molecule has 0 aliphatic carbocycles. The number of rotatable bonds is 4. The highest BCUT2D eigenvalue weighted by Crippen LogP contribution is 2.26. The van der Waals surface area contributed by atoms with E-state index in [1.807, 2.05) is 13.8 Å². The largest absolute Gasteiger partial charge is 0.374 e. The summed E-state index contributed by atoms with van der Waals surface area (Å²) < 4.78 is 0. The van der Waals surface area contributed by atoms with Crippen molar-refractivity contribution in [1.82, 2.24) is 20.4 Å². The van der Waals surface area contributed by atoms with E-state index in [9.17, 15) is 4.79 Å². The lowest BCUT2D eigenvalue weighted by atomic mass is 9.94. The molecular weight excluding hydrogens is 286 g/mol. The number of nitrogens with one attached hydrogen (secondary N) is 1. The zero-order valence-electron chi connectivity index (χ0n) is 13.2. The Hall–Kier alpha value is -1.21. The number of carbonyl (C=O) groups excluding carboxylic acids is 1. The van der Waals surface area contributed by atoms with Crippen LogP contribution in [0.25, 0.3) is 0 Å². The summed E-state index contributed by atoms with van der Waals surface area (Å²) in [6.45, 7) is 10.1. The van der Waals surface area contributed by atoms with Gasteiger partial charge in [-0.25, -0.2) is 0 Å². The van der Waals surface area contributed by atoms with Crippen molar-refractivity contribution in [3.63, 3.8) is 0 Å². The van der Waals surface area contributed by atoms with Crippen LogP contribution in [-0.2, 0) is 10.3 Å². The number of aromatic nitrogens is 2. The van der Waals surface area contributed by atoms with Crippen LogP contribution < -0.4 is 11.1 Å². The van der Waals surface area contributed by atoms with E-state index in [4.69, 9.17) is 5.73 Å². The Morgan fingerprint density at radius 3 is 2.76 bits per heavy atom. The average molecular weight is 311 g/mol.